The van der Waals surface area contributed by atoms with Gasteiger partial charge in [-0.15, -0.1) is 0 Å². The van der Waals surface area contributed by atoms with E-state index in [1.807, 2.05) is 0 Å². The first-order valence-electron chi connectivity index (χ1n) is 9.07. The third-order valence-corrected chi connectivity index (χ3v) is 4.48. The molecule has 1 aliphatic carbocycles. The van der Waals surface area contributed by atoms with Crippen molar-refractivity contribution < 1.29 is 19.1 Å². The summed E-state index contributed by atoms with van der Waals surface area (Å²) in [4.78, 5) is 42.0. The van der Waals surface area contributed by atoms with Crippen molar-refractivity contribution in [2.45, 2.75) is 44.7 Å². The van der Waals surface area contributed by atoms with E-state index < -0.39 is 0 Å². The number of rotatable bonds is 5. The van der Waals surface area contributed by atoms with Gasteiger partial charge in [0.2, 0.25) is 0 Å². The van der Waals surface area contributed by atoms with Gasteiger partial charge in [-0.3, -0.25) is 9.59 Å². The van der Waals surface area contributed by atoms with Gasteiger partial charge in [0, 0.05) is 25.2 Å². The predicted octanol–water partition coefficient (Wildman–Crippen LogP) is 1.32. The third kappa shape index (κ3) is 4.71. The molecule has 2 heterocycles. The van der Waals surface area contributed by atoms with E-state index in [2.05, 4.69) is 15.6 Å². The Labute approximate surface area is 152 Å². The first kappa shape index (κ1) is 18.2. The highest BCUT2D eigenvalue weighted by atomic mass is 16.6. The zero-order valence-electron chi connectivity index (χ0n) is 14.9. The maximum absolute atomic E-state index is 12.4. The summed E-state index contributed by atoms with van der Waals surface area (Å²) in [5, 5.41) is 5.79. The number of carbonyl (C=O) groups excluding carboxylic acids is 3. The number of nitrogens with zero attached hydrogens (tertiary/aromatic N) is 2. The van der Waals surface area contributed by atoms with E-state index in [0.717, 1.165) is 12.8 Å². The predicted molar refractivity (Wildman–Crippen MR) is 93.8 cm³/mol. The van der Waals surface area contributed by atoms with Crippen LogP contribution in [0.3, 0.4) is 0 Å². The van der Waals surface area contributed by atoms with Crippen LogP contribution in [0.25, 0.3) is 0 Å². The van der Waals surface area contributed by atoms with Crippen molar-refractivity contribution in [3.05, 3.63) is 29.6 Å². The number of likely N-dealkylation sites (tertiary alicyclic amines) is 1. The second kappa shape index (κ2) is 8.16. The van der Waals surface area contributed by atoms with Gasteiger partial charge < -0.3 is 20.3 Å². The first-order valence-corrected chi connectivity index (χ1v) is 9.07. The lowest BCUT2D eigenvalue weighted by molar-refractivity contribution is 0.0856. The lowest BCUT2D eigenvalue weighted by Crippen LogP contribution is -2.46. The van der Waals surface area contributed by atoms with Gasteiger partial charge in [0.15, 0.2) is 0 Å². The molecule has 1 saturated heterocycles. The Morgan fingerprint density at radius 1 is 1.04 bits per heavy atom. The molecule has 2 N–H and O–H groups in total. The Hall–Kier alpha value is -2.64. The molecule has 0 spiro atoms. The highest BCUT2D eigenvalue weighted by Crippen LogP contribution is 2.19. The minimum Gasteiger partial charge on any atom is -0.450 e. The molecule has 140 valence electrons. The smallest absolute Gasteiger partial charge is 0.409 e. The van der Waals surface area contributed by atoms with Gasteiger partial charge in [-0.25, -0.2) is 9.78 Å². The number of carbonyl (C=O) groups is 3. The summed E-state index contributed by atoms with van der Waals surface area (Å²) in [7, 11) is 0. The molecule has 1 aromatic rings. The molecule has 0 bridgehead atoms. The van der Waals surface area contributed by atoms with Crippen LogP contribution in [-0.4, -0.2) is 59.6 Å². The summed E-state index contributed by atoms with van der Waals surface area (Å²) in [6.07, 6.45) is 3.00. The number of amides is 3. The lowest BCUT2D eigenvalue weighted by Gasteiger charge is -2.31. The second-order valence-electron chi connectivity index (χ2n) is 6.59. The molecule has 1 saturated carbocycles. The molecule has 26 heavy (non-hydrogen) atoms. The van der Waals surface area contributed by atoms with E-state index in [1.165, 1.54) is 0 Å². The molecule has 8 nitrogen and oxygen atoms in total. The van der Waals surface area contributed by atoms with Gasteiger partial charge in [0.1, 0.15) is 11.4 Å². The molecule has 2 fully saturated rings. The fraction of sp³-hybridized carbons (Fsp3) is 0.556. The number of nitrogens with one attached hydrogen (secondary N) is 2. The van der Waals surface area contributed by atoms with Crippen LogP contribution in [0, 0.1) is 0 Å². The fourth-order valence-corrected chi connectivity index (χ4v) is 2.86. The summed E-state index contributed by atoms with van der Waals surface area (Å²) < 4.78 is 4.99. The molecule has 3 amide bonds. The number of pyridine rings is 1. The van der Waals surface area contributed by atoms with E-state index in [1.54, 1.807) is 30.0 Å². The molecule has 1 aliphatic heterocycles. The topological polar surface area (TPSA) is 101 Å². The summed E-state index contributed by atoms with van der Waals surface area (Å²) in [6.45, 7) is 3.21. The summed E-state index contributed by atoms with van der Waals surface area (Å²) >= 11 is 0. The van der Waals surface area contributed by atoms with Gasteiger partial charge in [-0.05, 0) is 44.7 Å². The van der Waals surface area contributed by atoms with Crippen LogP contribution in [0.1, 0.15) is 53.6 Å². The van der Waals surface area contributed by atoms with Crippen molar-refractivity contribution in [3.63, 3.8) is 0 Å². The second-order valence-corrected chi connectivity index (χ2v) is 6.59. The van der Waals surface area contributed by atoms with Crippen LogP contribution in [0.5, 0.6) is 0 Å². The molecule has 1 aromatic heterocycles. The Bertz CT molecular complexity index is 682. The van der Waals surface area contributed by atoms with Crippen LogP contribution in [-0.2, 0) is 4.74 Å². The molecular formula is C18H24N4O4. The monoisotopic (exact) mass is 360 g/mol. The van der Waals surface area contributed by atoms with Crippen LogP contribution >= 0.6 is 0 Å². The quantitative estimate of drug-likeness (QED) is 0.825. The highest BCUT2D eigenvalue weighted by Gasteiger charge is 2.26. The van der Waals surface area contributed by atoms with Crippen molar-refractivity contribution in [2.75, 3.05) is 19.7 Å². The SMILES string of the molecule is CCOC(=O)N1CCC(NC(=O)c2cccc(C(=O)NC3CC3)n2)CC1. The van der Waals surface area contributed by atoms with Crippen LogP contribution in [0.15, 0.2) is 18.2 Å². The minimum absolute atomic E-state index is 0.0288. The van der Waals surface area contributed by atoms with Gasteiger partial charge in [-0.1, -0.05) is 6.07 Å². The van der Waals surface area contributed by atoms with E-state index in [0.29, 0.717) is 32.5 Å². The zero-order chi connectivity index (χ0) is 18.5. The van der Waals surface area contributed by atoms with Crippen LogP contribution < -0.4 is 10.6 Å². The summed E-state index contributed by atoms with van der Waals surface area (Å²) in [5.41, 5.74) is 0.475. The number of aromatic nitrogens is 1. The Kier molecular flexibility index (Phi) is 5.70. The maximum atomic E-state index is 12.4. The van der Waals surface area contributed by atoms with Crippen molar-refractivity contribution in [3.8, 4) is 0 Å². The van der Waals surface area contributed by atoms with E-state index in [-0.39, 0.29) is 41.4 Å². The Morgan fingerprint density at radius 3 is 2.08 bits per heavy atom. The molecule has 0 atom stereocenters. The van der Waals surface area contributed by atoms with Crippen LogP contribution in [0.4, 0.5) is 4.79 Å². The molecule has 0 radical (unpaired) electrons. The zero-order valence-corrected chi connectivity index (χ0v) is 14.9. The summed E-state index contributed by atoms with van der Waals surface area (Å²) in [6, 6.07) is 5.07. The lowest BCUT2D eigenvalue weighted by atomic mass is 10.1. The van der Waals surface area contributed by atoms with E-state index in [4.69, 9.17) is 4.74 Å². The minimum atomic E-state index is -0.312. The van der Waals surface area contributed by atoms with Crippen molar-refractivity contribution in [2.24, 2.45) is 0 Å². The van der Waals surface area contributed by atoms with Gasteiger partial charge in [0.05, 0.1) is 6.61 Å². The molecule has 8 heteroatoms. The van der Waals surface area contributed by atoms with E-state index in [9.17, 15) is 14.4 Å². The highest BCUT2D eigenvalue weighted by molar-refractivity contribution is 5.96. The molecule has 0 aromatic carbocycles. The summed E-state index contributed by atoms with van der Waals surface area (Å²) in [5.74, 6) is -0.550. The van der Waals surface area contributed by atoms with Crippen LogP contribution in [0.2, 0.25) is 0 Å². The Morgan fingerprint density at radius 2 is 1.58 bits per heavy atom. The molecule has 3 rings (SSSR count). The van der Waals surface area contributed by atoms with Gasteiger partial charge in [0.25, 0.3) is 11.8 Å². The third-order valence-electron chi connectivity index (χ3n) is 4.48. The molecular weight excluding hydrogens is 336 g/mol. The van der Waals surface area contributed by atoms with E-state index >= 15 is 0 Å². The van der Waals surface area contributed by atoms with Crippen molar-refractivity contribution in [1.82, 2.24) is 20.5 Å². The molecule has 0 unspecified atom stereocenters. The normalized spacial score (nSPS) is 17.5. The standard InChI is InChI=1S/C18H24N4O4/c1-2-26-18(25)22-10-8-13(9-11-22)20-17(24)15-5-3-4-14(21-15)16(23)19-12-6-7-12/h3-5,12-13H,2,6-11H2,1H3,(H,19,23)(H,20,24). The number of ether oxygens (including phenoxy) is 1. The Balaban J connectivity index is 1.52. The first-order chi connectivity index (χ1) is 12.6. The van der Waals surface area contributed by atoms with Crippen molar-refractivity contribution in [1.29, 1.82) is 0 Å². The van der Waals surface area contributed by atoms with Crippen molar-refractivity contribution >= 4 is 17.9 Å². The number of hydrogen-bond donors (Lipinski definition) is 2. The maximum Gasteiger partial charge on any atom is 0.409 e. The van der Waals surface area contributed by atoms with Gasteiger partial charge >= 0.3 is 6.09 Å². The largest absolute Gasteiger partial charge is 0.450 e. The average molecular weight is 360 g/mol. The molecule has 2 aliphatic rings. The van der Waals surface area contributed by atoms with Gasteiger partial charge in [-0.2, -0.15) is 0 Å². The average Bonchev–Trinajstić information content (AvgIpc) is 3.46. The fourth-order valence-electron chi connectivity index (χ4n) is 2.86. The number of piperidine rings is 1. The number of hydrogen-bond acceptors (Lipinski definition) is 5.